The molecule has 0 amide bonds. The van der Waals surface area contributed by atoms with Crippen LogP contribution in [0.4, 0.5) is 11.6 Å². The van der Waals surface area contributed by atoms with Crippen molar-refractivity contribution in [2.45, 2.75) is 50.0 Å². The smallest absolute Gasteiger partial charge is 0.172 e. The Morgan fingerprint density at radius 1 is 0.903 bits per heavy atom. The van der Waals surface area contributed by atoms with E-state index in [1.807, 2.05) is 11.8 Å². The lowest BCUT2D eigenvalue weighted by Gasteiger charge is -2.35. The number of thioether (sulfide) groups is 1. The number of anilines is 2. The number of hydrogen-bond acceptors (Lipinski definition) is 9. The summed E-state index contributed by atoms with van der Waals surface area (Å²) in [7, 11) is 0. The molecule has 0 aromatic carbocycles. The zero-order valence-electron chi connectivity index (χ0n) is 18.2. The van der Waals surface area contributed by atoms with Crippen LogP contribution < -0.4 is 9.80 Å². The summed E-state index contributed by atoms with van der Waals surface area (Å²) in [6.07, 6.45) is 4.76. The first-order valence-corrected chi connectivity index (χ1v) is 13.1. The summed E-state index contributed by atoms with van der Waals surface area (Å²) >= 11 is 3.78. The SMILES string of the molecule is CC1(C)Cc2c(c(N3CCOCC3)nc3sc4c(N5CCCCC5)nnnc4c23)CS1. The first-order chi connectivity index (χ1) is 15.1. The molecule has 6 rings (SSSR count). The highest BCUT2D eigenvalue weighted by atomic mass is 32.2. The zero-order valence-corrected chi connectivity index (χ0v) is 19.8. The van der Waals surface area contributed by atoms with Crippen LogP contribution in [0, 0.1) is 0 Å². The van der Waals surface area contributed by atoms with Crippen LogP contribution in [0.1, 0.15) is 44.2 Å². The van der Waals surface area contributed by atoms with Gasteiger partial charge in [-0.1, -0.05) is 13.8 Å². The monoisotopic (exact) mass is 456 g/mol. The minimum absolute atomic E-state index is 0.202. The van der Waals surface area contributed by atoms with Gasteiger partial charge in [-0.15, -0.1) is 21.5 Å². The first kappa shape index (κ1) is 19.9. The first-order valence-electron chi connectivity index (χ1n) is 11.3. The number of fused-ring (bicyclic) bond motifs is 5. The number of nitrogens with zero attached hydrogens (tertiary/aromatic N) is 6. The van der Waals surface area contributed by atoms with E-state index in [2.05, 4.69) is 39.1 Å². The number of morpholine rings is 1. The van der Waals surface area contributed by atoms with Gasteiger partial charge >= 0.3 is 0 Å². The van der Waals surface area contributed by atoms with E-state index in [0.29, 0.717) is 0 Å². The molecule has 3 aliphatic rings. The van der Waals surface area contributed by atoms with E-state index in [1.165, 1.54) is 35.8 Å². The highest BCUT2D eigenvalue weighted by Crippen LogP contribution is 2.48. The predicted molar refractivity (Wildman–Crippen MR) is 129 cm³/mol. The third kappa shape index (κ3) is 3.45. The number of piperidine rings is 1. The molecule has 2 fully saturated rings. The van der Waals surface area contributed by atoms with Gasteiger partial charge in [0.05, 0.1) is 13.2 Å². The van der Waals surface area contributed by atoms with E-state index in [1.54, 1.807) is 11.3 Å². The number of ether oxygens (including phenoxy) is 1. The van der Waals surface area contributed by atoms with Crippen molar-refractivity contribution in [2.24, 2.45) is 0 Å². The molecule has 2 saturated heterocycles. The molecular formula is C22H28N6OS2. The molecule has 3 aromatic heterocycles. The van der Waals surface area contributed by atoms with Gasteiger partial charge in [-0.05, 0) is 36.5 Å². The minimum Gasteiger partial charge on any atom is -0.378 e. The lowest BCUT2D eigenvalue weighted by Crippen LogP contribution is -2.38. The van der Waals surface area contributed by atoms with Crippen molar-refractivity contribution < 1.29 is 4.74 Å². The molecule has 3 aliphatic heterocycles. The Labute approximate surface area is 190 Å². The second-order valence-corrected chi connectivity index (χ2v) is 12.0. The Hall–Kier alpha value is -1.71. The Morgan fingerprint density at radius 2 is 1.68 bits per heavy atom. The normalized spacial score (nSPS) is 21.6. The number of thiophene rings is 1. The molecule has 164 valence electrons. The average molecular weight is 457 g/mol. The van der Waals surface area contributed by atoms with Gasteiger partial charge < -0.3 is 14.5 Å². The number of pyridine rings is 1. The van der Waals surface area contributed by atoms with Crippen LogP contribution in [0.15, 0.2) is 0 Å². The summed E-state index contributed by atoms with van der Waals surface area (Å²) in [5.74, 6) is 3.15. The maximum Gasteiger partial charge on any atom is 0.172 e. The predicted octanol–water partition coefficient (Wildman–Crippen LogP) is 4.03. The van der Waals surface area contributed by atoms with Gasteiger partial charge in [0.25, 0.3) is 0 Å². The summed E-state index contributed by atoms with van der Waals surface area (Å²) in [4.78, 5) is 11.1. The highest BCUT2D eigenvalue weighted by Gasteiger charge is 2.33. The van der Waals surface area contributed by atoms with Crippen molar-refractivity contribution in [3.63, 3.8) is 0 Å². The van der Waals surface area contributed by atoms with Crippen LogP contribution in [0.5, 0.6) is 0 Å². The summed E-state index contributed by atoms with van der Waals surface area (Å²) in [6.45, 7) is 10.2. The van der Waals surface area contributed by atoms with E-state index >= 15 is 0 Å². The second-order valence-electron chi connectivity index (χ2n) is 9.34. The minimum atomic E-state index is 0.202. The van der Waals surface area contributed by atoms with Gasteiger partial charge in [0, 0.05) is 47.6 Å². The Balaban J connectivity index is 1.58. The zero-order chi connectivity index (χ0) is 21.0. The summed E-state index contributed by atoms with van der Waals surface area (Å²) in [6, 6.07) is 0. The molecule has 0 atom stereocenters. The molecule has 7 nitrogen and oxygen atoms in total. The van der Waals surface area contributed by atoms with Crippen molar-refractivity contribution in [2.75, 3.05) is 49.2 Å². The number of aromatic nitrogens is 4. The molecule has 6 heterocycles. The summed E-state index contributed by atoms with van der Waals surface area (Å²) in [5, 5.41) is 14.5. The largest absolute Gasteiger partial charge is 0.378 e. The lowest BCUT2D eigenvalue weighted by molar-refractivity contribution is 0.122. The lowest BCUT2D eigenvalue weighted by atomic mass is 9.94. The standard InChI is InChI=1S/C22H28N6OS2/c1-22(2)12-14-15(13-30-22)19(28-8-10-29-11-9-28)23-21-16(14)17-18(31-21)20(25-26-24-17)27-6-4-3-5-7-27/h3-13H2,1-2H3. The molecule has 0 spiro atoms. The quantitative estimate of drug-likeness (QED) is 0.573. The van der Waals surface area contributed by atoms with Crippen LogP contribution in [-0.4, -0.2) is 64.5 Å². The van der Waals surface area contributed by atoms with E-state index in [-0.39, 0.29) is 4.75 Å². The maximum atomic E-state index is 5.61. The Kier molecular flexibility index (Phi) is 4.96. The third-order valence-corrected chi connectivity index (χ3v) is 9.10. The third-order valence-electron chi connectivity index (χ3n) is 6.67. The Bertz CT molecular complexity index is 1130. The average Bonchev–Trinajstić information content (AvgIpc) is 3.18. The Morgan fingerprint density at radius 3 is 2.48 bits per heavy atom. The highest BCUT2D eigenvalue weighted by molar-refractivity contribution is 7.99. The molecule has 9 heteroatoms. The van der Waals surface area contributed by atoms with Gasteiger partial charge in [0.1, 0.15) is 20.9 Å². The van der Waals surface area contributed by atoms with Gasteiger partial charge in [0.2, 0.25) is 0 Å². The summed E-state index contributed by atoms with van der Waals surface area (Å²) in [5.41, 5.74) is 3.80. The van der Waals surface area contributed by atoms with Crippen LogP contribution in [0.25, 0.3) is 20.4 Å². The maximum absolute atomic E-state index is 5.61. The molecule has 0 aliphatic carbocycles. The topological polar surface area (TPSA) is 67.3 Å². The van der Waals surface area contributed by atoms with Crippen LogP contribution in [-0.2, 0) is 16.9 Å². The van der Waals surface area contributed by atoms with Gasteiger partial charge in [-0.3, -0.25) is 0 Å². The number of hydrogen-bond donors (Lipinski definition) is 0. The fourth-order valence-electron chi connectivity index (χ4n) is 5.05. The molecular weight excluding hydrogens is 428 g/mol. The van der Waals surface area contributed by atoms with E-state index < -0.39 is 0 Å². The van der Waals surface area contributed by atoms with Crippen molar-refractivity contribution >= 4 is 55.2 Å². The van der Waals surface area contributed by atoms with Crippen molar-refractivity contribution in [3.8, 4) is 0 Å². The van der Waals surface area contributed by atoms with Crippen molar-refractivity contribution in [3.05, 3.63) is 11.1 Å². The fourth-order valence-corrected chi connectivity index (χ4v) is 7.29. The van der Waals surface area contributed by atoms with Crippen LogP contribution >= 0.6 is 23.1 Å². The van der Waals surface area contributed by atoms with E-state index in [0.717, 1.165) is 78.2 Å². The van der Waals surface area contributed by atoms with Crippen LogP contribution in [0.3, 0.4) is 0 Å². The molecule has 0 unspecified atom stereocenters. The van der Waals surface area contributed by atoms with Crippen molar-refractivity contribution in [1.29, 1.82) is 0 Å². The van der Waals surface area contributed by atoms with Crippen LogP contribution in [0.2, 0.25) is 0 Å². The molecule has 31 heavy (non-hydrogen) atoms. The summed E-state index contributed by atoms with van der Waals surface area (Å²) < 4.78 is 6.96. The number of rotatable bonds is 2. The molecule has 3 aromatic rings. The fraction of sp³-hybridized carbons (Fsp3) is 0.636. The molecule has 0 radical (unpaired) electrons. The van der Waals surface area contributed by atoms with Gasteiger partial charge in [-0.25, -0.2) is 4.98 Å². The molecule has 0 saturated carbocycles. The van der Waals surface area contributed by atoms with Gasteiger partial charge in [0.15, 0.2) is 5.82 Å². The molecule has 0 bridgehead atoms. The van der Waals surface area contributed by atoms with E-state index in [4.69, 9.17) is 9.72 Å². The second kappa shape index (κ2) is 7.71. The van der Waals surface area contributed by atoms with Gasteiger partial charge in [-0.2, -0.15) is 11.8 Å². The van der Waals surface area contributed by atoms with E-state index in [9.17, 15) is 0 Å². The van der Waals surface area contributed by atoms with Crippen molar-refractivity contribution in [1.82, 2.24) is 20.4 Å². The molecule has 0 N–H and O–H groups in total.